The molecule has 0 radical (unpaired) electrons. The predicted molar refractivity (Wildman–Crippen MR) is 168 cm³/mol. The van der Waals surface area contributed by atoms with Gasteiger partial charge in [0.15, 0.2) is 0 Å². The van der Waals surface area contributed by atoms with Gasteiger partial charge in [0.05, 0.1) is 5.56 Å². The molecule has 0 N–H and O–H groups in total. The lowest BCUT2D eigenvalue weighted by atomic mass is 9.83. The van der Waals surface area contributed by atoms with E-state index in [-0.39, 0.29) is 24.2 Å². The van der Waals surface area contributed by atoms with Gasteiger partial charge in [-0.05, 0) is 102 Å². The van der Waals surface area contributed by atoms with E-state index in [2.05, 4.69) is 26.0 Å². The largest absolute Gasteiger partial charge is 0.489 e. The molecule has 1 aliphatic carbocycles. The summed E-state index contributed by atoms with van der Waals surface area (Å²) in [5.41, 5.74) is -0.700. The zero-order valence-corrected chi connectivity index (χ0v) is 27.3. The van der Waals surface area contributed by atoms with Gasteiger partial charge in [0, 0.05) is 17.0 Å². The summed E-state index contributed by atoms with van der Waals surface area (Å²) in [7, 11) is 1.75. The maximum Gasteiger partial charge on any atom is 0.401 e. The lowest BCUT2D eigenvalue weighted by Gasteiger charge is -2.38. The van der Waals surface area contributed by atoms with Gasteiger partial charge in [0.25, 0.3) is 0 Å². The monoisotopic (exact) mass is 627 g/mol. The van der Waals surface area contributed by atoms with Crippen LogP contribution in [0.5, 0.6) is 5.75 Å². The molecule has 0 bridgehead atoms. The molecule has 1 aliphatic heterocycles. The smallest absolute Gasteiger partial charge is 0.401 e. The van der Waals surface area contributed by atoms with Gasteiger partial charge in [-0.25, -0.2) is 9.59 Å². The number of carbonyl (C=O) groups excluding carboxylic acids is 1. The van der Waals surface area contributed by atoms with Crippen LogP contribution < -0.4 is 10.4 Å². The first-order valence-corrected chi connectivity index (χ1v) is 16.0. The number of esters is 1. The molecule has 3 aromatic rings. The van der Waals surface area contributed by atoms with Crippen LogP contribution in [0.4, 0.5) is 13.2 Å². The molecule has 6 nitrogen and oxygen atoms in total. The van der Waals surface area contributed by atoms with E-state index in [0.717, 1.165) is 43.7 Å². The maximum atomic E-state index is 14.7. The molecule has 5 rings (SSSR count). The van der Waals surface area contributed by atoms with Gasteiger partial charge in [0.2, 0.25) is 0 Å². The molecule has 0 spiro atoms. The van der Waals surface area contributed by atoms with Crippen LogP contribution in [0.2, 0.25) is 0 Å². The highest BCUT2D eigenvalue weighted by atomic mass is 19.4. The standard InChI is InChI=1S/C36H44F3NO5/c1-8-10-11-12-22-13-16-26(23(9-2)19-22)27-20-24-14-15-25(21-28(24)44-31(27)41)43-29-17-18-30(34(29,5)36(37,38)39)45-32(42)35(6)33(3,4)40(35)7/h13-16,19-21,29-30H,8-12,17-18H2,1-7H3. The summed E-state index contributed by atoms with van der Waals surface area (Å²) < 4.78 is 61.3. The van der Waals surface area contributed by atoms with E-state index in [1.54, 1.807) is 37.1 Å². The van der Waals surface area contributed by atoms with Gasteiger partial charge in [0.1, 0.15) is 34.5 Å². The van der Waals surface area contributed by atoms with Crippen LogP contribution in [-0.4, -0.2) is 47.4 Å². The van der Waals surface area contributed by atoms with E-state index < -0.39 is 46.5 Å². The van der Waals surface area contributed by atoms with Crippen molar-refractivity contribution in [2.75, 3.05) is 7.05 Å². The topological polar surface area (TPSA) is 68.8 Å². The van der Waals surface area contributed by atoms with E-state index in [1.165, 1.54) is 18.1 Å². The zero-order valence-electron chi connectivity index (χ0n) is 27.3. The minimum atomic E-state index is -4.70. The van der Waals surface area contributed by atoms with Crippen molar-refractivity contribution in [1.29, 1.82) is 0 Å². The lowest BCUT2D eigenvalue weighted by molar-refractivity contribution is -0.264. The van der Waals surface area contributed by atoms with Crippen molar-refractivity contribution >= 4 is 16.9 Å². The third-order valence-electron chi connectivity index (χ3n) is 10.8. The fourth-order valence-electron chi connectivity index (χ4n) is 6.89. The number of hydrogen-bond acceptors (Lipinski definition) is 6. The Kier molecular flexibility index (Phi) is 8.66. The Morgan fingerprint density at radius 1 is 0.978 bits per heavy atom. The van der Waals surface area contributed by atoms with E-state index in [0.29, 0.717) is 10.9 Å². The SMILES string of the molecule is CCCCCc1ccc(-c2cc3ccc(OC4CCC(OC(=O)C5(C)N(C)C5(C)C)C4(C)C(F)(F)F)cc3oc2=O)c(CC)c1. The Morgan fingerprint density at radius 3 is 2.29 bits per heavy atom. The number of ether oxygens (including phenoxy) is 2. The van der Waals surface area contributed by atoms with Crippen molar-refractivity contribution in [3.8, 4) is 16.9 Å². The number of hydrogen-bond donors (Lipinski definition) is 0. The molecule has 1 aromatic heterocycles. The Labute approximate surface area is 262 Å². The molecule has 2 aromatic carbocycles. The van der Waals surface area contributed by atoms with Gasteiger partial charge >= 0.3 is 17.8 Å². The van der Waals surface area contributed by atoms with E-state index in [4.69, 9.17) is 13.9 Å². The fraction of sp³-hybridized carbons (Fsp3) is 0.556. The number of alkyl halides is 3. The summed E-state index contributed by atoms with van der Waals surface area (Å²) in [6.07, 6.45) is -2.18. The summed E-state index contributed by atoms with van der Waals surface area (Å²) in [6, 6.07) is 12.7. The third kappa shape index (κ3) is 5.55. The van der Waals surface area contributed by atoms with Gasteiger partial charge in [-0.1, -0.05) is 44.9 Å². The van der Waals surface area contributed by atoms with Crippen LogP contribution >= 0.6 is 0 Å². The van der Waals surface area contributed by atoms with Crippen LogP contribution in [0, 0.1) is 5.41 Å². The summed E-state index contributed by atoms with van der Waals surface area (Å²) in [6.45, 7) is 10.7. The van der Waals surface area contributed by atoms with Crippen molar-refractivity contribution in [3.63, 3.8) is 0 Å². The number of likely N-dealkylation sites (N-methyl/N-ethyl adjacent to an activating group) is 1. The van der Waals surface area contributed by atoms with Gasteiger partial charge in [-0.15, -0.1) is 0 Å². The normalized spacial score (nSPS) is 27.5. The number of benzene rings is 2. The molecule has 9 heteroatoms. The van der Waals surface area contributed by atoms with E-state index in [9.17, 15) is 22.8 Å². The highest BCUT2D eigenvalue weighted by Crippen LogP contribution is 2.55. The molecule has 2 aliphatic rings. The Morgan fingerprint density at radius 2 is 1.67 bits per heavy atom. The summed E-state index contributed by atoms with van der Waals surface area (Å²) in [4.78, 5) is 28.1. The molecule has 5 unspecified atom stereocenters. The first kappa shape index (κ1) is 33.0. The fourth-order valence-corrected chi connectivity index (χ4v) is 6.89. The summed E-state index contributed by atoms with van der Waals surface area (Å²) in [5.74, 6) is -0.525. The van der Waals surface area contributed by atoms with Crippen molar-refractivity contribution in [1.82, 2.24) is 4.90 Å². The Hall–Kier alpha value is -3.33. The second-order valence-electron chi connectivity index (χ2n) is 13.5. The highest BCUT2D eigenvalue weighted by Gasteiger charge is 2.72. The molecule has 1 saturated heterocycles. The lowest BCUT2D eigenvalue weighted by Crippen LogP contribution is -2.52. The van der Waals surface area contributed by atoms with Gasteiger partial charge < -0.3 is 13.9 Å². The van der Waals surface area contributed by atoms with Gasteiger partial charge in [-0.2, -0.15) is 13.2 Å². The number of nitrogens with zero attached hydrogens (tertiary/aromatic N) is 1. The first-order valence-electron chi connectivity index (χ1n) is 16.0. The molecule has 1 saturated carbocycles. The summed E-state index contributed by atoms with van der Waals surface area (Å²) >= 11 is 0. The van der Waals surface area contributed by atoms with Crippen LogP contribution in [0.15, 0.2) is 51.7 Å². The first-order chi connectivity index (χ1) is 21.1. The number of halogens is 3. The van der Waals surface area contributed by atoms with Crippen molar-refractivity contribution in [2.24, 2.45) is 5.41 Å². The number of rotatable bonds is 10. The molecule has 2 heterocycles. The second-order valence-corrected chi connectivity index (χ2v) is 13.5. The molecule has 5 atom stereocenters. The van der Waals surface area contributed by atoms with Gasteiger partial charge in [-0.3, -0.25) is 4.90 Å². The number of carbonyl (C=O) groups is 1. The molecule has 244 valence electrons. The molecular formula is C36H44F3NO5. The van der Waals surface area contributed by atoms with Crippen molar-refractivity contribution < 1.29 is 31.9 Å². The highest BCUT2D eigenvalue weighted by molar-refractivity contribution is 5.87. The molecule has 2 fully saturated rings. The number of unbranched alkanes of at least 4 members (excludes halogenated alkanes) is 2. The minimum Gasteiger partial charge on any atom is -0.489 e. The average molecular weight is 628 g/mol. The third-order valence-corrected chi connectivity index (χ3v) is 10.8. The van der Waals surface area contributed by atoms with Crippen molar-refractivity contribution in [3.05, 3.63) is 64.0 Å². The Balaban J connectivity index is 1.38. The zero-order chi connectivity index (χ0) is 32.9. The van der Waals surface area contributed by atoms with Crippen molar-refractivity contribution in [2.45, 2.75) is 116 Å². The van der Waals surface area contributed by atoms with Crippen LogP contribution in [0.1, 0.15) is 84.8 Å². The summed E-state index contributed by atoms with van der Waals surface area (Å²) in [5, 5.41) is 0.632. The van der Waals surface area contributed by atoms with Crippen LogP contribution in [-0.2, 0) is 22.4 Å². The average Bonchev–Trinajstić information content (AvgIpc) is 3.20. The second kappa shape index (κ2) is 11.8. The minimum absolute atomic E-state index is 0.00974. The predicted octanol–water partition coefficient (Wildman–Crippen LogP) is 8.26. The molecule has 0 amide bonds. The molecule has 45 heavy (non-hydrogen) atoms. The van der Waals surface area contributed by atoms with Crippen LogP contribution in [0.25, 0.3) is 22.1 Å². The quantitative estimate of drug-likeness (QED) is 0.0976. The van der Waals surface area contributed by atoms with Crippen LogP contribution in [0.3, 0.4) is 0 Å². The molecular weight excluding hydrogens is 583 g/mol. The maximum absolute atomic E-state index is 14.7. The Bertz CT molecular complexity index is 1650. The number of fused-ring (bicyclic) bond motifs is 1. The van der Waals surface area contributed by atoms with E-state index in [1.807, 2.05) is 19.9 Å². The number of aryl methyl sites for hydroxylation is 2. The van der Waals surface area contributed by atoms with E-state index >= 15 is 0 Å².